The number of aliphatic hydroxyl groups excluding tert-OH is 1. The van der Waals surface area contributed by atoms with Crippen LogP contribution in [0.4, 0.5) is 0 Å². The summed E-state index contributed by atoms with van der Waals surface area (Å²) in [6.07, 6.45) is 2.91. The van der Waals surface area contributed by atoms with Crippen LogP contribution >= 0.6 is 11.8 Å². The van der Waals surface area contributed by atoms with Crippen molar-refractivity contribution in [2.75, 3.05) is 24.4 Å². The minimum absolute atomic E-state index is 0.0113. The number of hydrogen-bond donors (Lipinski definition) is 1. The molecule has 19 heavy (non-hydrogen) atoms. The van der Waals surface area contributed by atoms with E-state index in [1.807, 2.05) is 11.8 Å². The van der Waals surface area contributed by atoms with Crippen molar-refractivity contribution in [2.45, 2.75) is 49.6 Å². The molecule has 0 bridgehead atoms. The second kappa shape index (κ2) is 5.20. The molecule has 1 N–H and O–H groups in total. The van der Waals surface area contributed by atoms with Crippen molar-refractivity contribution in [3.63, 3.8) is 0 Å². The molecule has 2 heterocycles. The topological polar surface area (TPSA) is 63.6 Å². The lowest BCUT2D eigenvalue weighted by atomic mass is 9.79. The van der Waals surface area contributed by atoms with E-state index in [-0.39, 0.29) is 11.5 Å². The van der Waals surface area contributed by atoms with E-state index in [4.69, 9.17) is 4.74 Å². The molecule has 6 heteroatoms. The summed E-state index contributed by atoms with van der Waals surface area (Å²) in [4.78, 5) is 0. The summed E-state index contributed by atoms with van der Waals surface area (Å²) >= 11 is 1.88. The molecule has 2 aliphatic heterocycles. The first-order valence-electron chi connectivity index (χ1n) is 6.77. The highest BCUT2D eigenvalue weighted by atomic mass is 32.2. The quantitative estimate of drug-likeness (QED) is 0.855. The van der Waals surface area contributed by atoms with Gasteiger partial charge in [0.2, 0.25) is 0 Å². The molecule has 3 unspecified atom stereocenters. The Morgan fingerprint density at radius 3 is 2.68 bits per heavy atom. The molecule has 4 nitrogen and oxygen atoms in total. The number of hydrogen-bond acceptors (Lipinski definition) is 5. The predicted molar refractivity (Wildman–Crippen MR) is 78.3 cm³/mol. The van der Waals surface area contributed by atoms with Gasteiger partial charge in [-0.1, -0.05) is 0 Å². The van der Waals surface area contributed by atoms with E-state index in [0.717, 1.165) is 30.8 Å². The third-order valence-corrected chi connectivity index (χ3v) is 8.09. The average molecular weight is 308 g/mol. The van der Waals surface area contributed by atoms with Crippen molar-refractivity contribution < 1.29 is 18.3 Å². The molecule has 2 rings (SSSR count). The van der Waals surface area contributed by atoms with Crippen LogP contribution in [0.5, 0.6) is 0 Å². The molecule has 2 saturated heterocycles. The maximum absolute atomic E-state index is 11.9. The van der Waals surface area contributed by atoms with Gasteiger partial charge in [0, 0.05) is 18.6 Å². The van der Waals surface area contributed by atoms with Crippen LogP contribution in [0.2, 0.25) is 0 Å². The zero-order chi connectivity index (χ0) is 14.3. The summed E-state index contributed by atoms with van der Waals surface area (Å²) in [5.41, 5.74) is -0.123. The van der Waals surface area contributed by atoms with Gasteiger partial charge in [-0.3, -0.25) is 0 Å². The largest absolute Gasteiger partial charge is 0.391 e. The van der Waals surface area contributed by atoms with Crippen molar-refractivity contribution in [1.82, 2.24) is 0 Å². The van der Waals surface area contributed by atoms with Crippen LogP contribution in [0.25, 0.3) is 0 Å². The second-order valence-electron chi connectivity index (χ2n) is 6.41. The molecule has 0 aromatic carbocycles. The van der Waals surface area contributed by atoms with Crippen LogP contribution < -0.4 is 0 Å². The lowest BCUT2D eigenvalue weighted by Gasteiger charge is -2.43. The van der Waals surface area contributed by atoms with Crippen LogP contribution in [0.3, 0.4) is 0 Å². The molecule has 0 aliphatic carbocycles. The Bertz CT molecular complexity index is 424. The first-order chi connectivity index (χ1) is 8.68. The Morgan fingerprint density at radius 1 is 1.47 bits per heavy atom. The lowest BCUT2D eigenvalue weighted by Crippen LogP contribution is -2.52. The third kappa shape index (κ3) is 2.96. The Kier molecular flexibility index (Phi) is 4.27. The van der Waals surface area contributed by atoms with Gasteiger partial charge >= 0.3 is 0 Å². The van der Waals surface area contributed by atoms with Gasteiger partial charge in [0.1, 0.15) is 0 Å². The second-order valence-corrected chi connectivity index (χ2v) is 10.1. The van der Waals surface area contributed by atoms with Crippen molar-refractivity contribution in [1.29, 1.82) is 0 Å². The summed E-state index contributed by atoms with van der Waals surface area (Å²) in [5.74, 6) is 2.07. The van der Waals surface area contributed by atoms with Crippen molar-refractivity contribution >= 4 is 21.6 Å². The van der Waals surface area contributed by atoms with E-state index >= 15 is 0 Å². The minimum atomic E-state index is -3.28. The Labute approximate surface area is 120 Å². The molecule has 0 radical (unpaired) electrons. The van der Waals surface area contributed by atoms with Gasteiger partial charge in [-0.05, 0) is 44.8 Å². The van der Waals surface area contributed by atoms with E-state index in [1.165, 1.54) is 6.26 Å². The highest BCUT2D eigenvalue weighted by molar-refractivity contribution is 7.99. The molecule has 0 aromatic heterocycles. The molecular weight excluding hydrogens is 284 g/mol. The van der Waals surface area contributed by atoms with Gasteiger partial charge in [-0.15, -0.1) is 0 Å². The Balaban J connectivity index is 2.13. The fourth-order valence-electron chi connectivity index (χ4n) is 2.99. The van der Waals surface area contributed by atoms with Crippen molar-refractivity contribution in [2.24, 2.45) is 5.92 Å². The molecule has 0 aromatic rings. The van der Waals surface area contributed by atoms with Crippen LogP contribution in [0.15, 0.2) is 0 Å². The van der Waals surface area contributed by atoms with E-state index < -0.39 is 20.7 Å². The van der Waals surface area contributed by atoms with Crippen molar-refractivity contribution in [3.8, 4) is 0 Å². The Morgan fingerprint density at radius 2 is 2.16 bits per heavy atom. The zero-order valence-corrected chi connectivity index (χ0v) is 13.5. The first-order valence-corrected chi connectivity index (χ1v) is 9.82. The van der Waals surface area contributed by atoms with Crippen molar-refractivity contribution in [3.05, 3.63) is 0 Å². The summed E-state index contributed by atoms with van der Waals surface area (Å²) in [6, 6.07) is 0. The van der Waals surface area contributed by atoms with E-state index in [9.17, 15) is 13.5 Å². The summed E-state index contributed by atoms with van der Waals surface area (Å²) in [5, 5.41) is 10.5. The minimum Gasteiger partial charge on any atom is -0.391 e. The molecular formula is C13H24O4S2. The van der Waals surface area contributed by atoms with Gasteiger partial charge in [-0.25, -0.2) is 8.42 Å². The number of ether oxygens (including phenoxy) is 1. The van der Waals surface area contributed by atoms with Crippen LogP contribution in [0.1, 0.15) is 33.1 Å². The molecule has 2 fully saturated rings. The highest BCUT2D eigenvalue weighted by Crippen LogP contribution is 2.43. The maximum atomic E-state index is 11.9. The molecule has 2 aliphatic rings. The lowest BCUT2D eigenvalue weighted by molar-refractivity contribution is -0.105. The first kappa shape index (κ1) is 15.6. The van der Waals surface area contributed by atoms with Crippen LogP contribution in [-0.4, -0.2) is 54.3 Å². The predicted octanol–water partition coefficient (Wildman–Crippen LogP) is 1.47. The van der Waals surface area contributed by atoms with Gasteiger partial charge in [0.15, 0.2) is 9.84 Å². The SMILES string of the molecule is CC(C)(C(O)C1CCOC2(CCSC2)C1)S(C)(=O)=O. The van der Waals surface area contributed by atoms with E-state index in [1.54, 1.807) is 13.8 Å². The third-order valence-electron chi connectivity index (χ3n) is 4.71. The smallest absolute Gasteiger partial charge is 0.155 e. The summed E-state index contributed by atoms with van der Waals surface area (Å²) < 4.78 is 28.5. The van der Waals surface area contributed by atoms with Gasteiger partial charge < -0.3 is 9.84 Å². The van der Waals surface area contributed by atoms with E-state index in [0.29, 0.717) is 6.61 Å². The molecule has 0 amide bonds. The molecule has 0 saturated carbocycles. The number of aliphatic hydroxyl groups is 1. The normalized spacial score (nSPS) is 34.6. The fourth-order valence-corrected chi connectivity index (χ4v) is 4.99. The Hall–Kier alpha value is 0.220. The van der Waals surface area contributed by atoms with Gasteiger partial charge in [0.25, 0.3) is 0 Å². The standard InChI is InChI=1S/C13H24O4S2/c1-12(2,19(3,15)16)11(14)10-4-6-17-13(8-10)5-7-18-9-13/h10-11,14H,4-9H2,1-3H3. The number of thioether (sulfide) groups is 1. The summed E-state index contributed by atoms with van der Waals surface area (Å²) in [6.45, 7) is 3.87. The van der Waals surface area contributed by atoms with Crippen LogP contribution in [-0.2, 0) is 14.6 Å². The monoisotopic (exact) mass is 308 g/mol. The maximum Gasteiger partial charge on any atom is 0.155 e. The number of sulfone groups is 1. The van der Waals surface area contributed by atoms with Crippen LogP contribution in [0, 0.1) is 5.92 Å². The molecule has 1 spiro atoms. The van der Waals surface area contributed by atoms with E-state index in [2.05, 4.69) is 0 Å². The number of rotatable bonds is 3. The average Bonchev–Trinajstić information content (AvgIpc) is 2.74. The molecule has 112 valence electrons. The highest BCUT2D eigenvalue weighted by Gasteiger charge is 2.48. The van der Waals surface area contributed by atoms with Gasteiger partial charge in [-0.2, -0.15) is 11.8 Å². The summed E-state index contributed by atoms with van der Waals surface area (Å²) in [7, 11) is -3.28. The fraction of sp³-hybridized carbons (Fsp3) is 1.00. The molecule has 3 atom stereocenters. The zero-order valence-electron chi connectivity index (χ0n) is 11.9. The van der Waals surface area contributed by atoms with Gasteiger partial charge in [0.05, 0.1) is 16.5 Å².